The lowest BCUT2D eigenvalue weighted by Crippen LogP contribution is -2.05. The summed E-state index contributed by atoms with van der Waals surface area (Å²) >= 11 is 0. The van der Waals surface area contributed by atoms with E-state index in [4.69, 9.17) is 10.5 Å². The Morgan fingerprint density at radius 1 is 1.39 bits per heavy atom. The second-order valence-electron chi connectivity index (χ2n) is 4.26. The van der Waals surface area contributed by atoms with E-state index in [0.29, 0.717) is 11.6 Å². The van der Waals surface area contributed by atoms with E-state index in [1.807, 2.05) is 29.9 Å². The van der Waals surface area contributed by atoms with Crippen LogP contribution in [0.3, 0.4) is 0 Å². The maximum Gasteiger partial charge on any atom is 0.219 e. The highest BCUT2D eigenvalue weighted by Crippen LogP contribution is 2.19. The second-order valence-corrected chi connectivity index (χ2v) is 4.26. The van der Waals surface area contributed by atoms with Gasteiger partial charge in [0, 0.05) is 24.8 Å². The lowest BCUT2D eigenvalue weighted by molar-refractivity contribution is 0.460. The fourth-order valence-electron chi connectivity index (χ4n) is 1.59. The fourth-order valence-corrected chi connectivity index (χ4v) is 1.59. The molecule has 0 radical (unpaired) electrons. The highest BCUT2D eigenvalue weighted by molar-refractivity contribution is 5.24. The summed E-state index contributed by atoms with van der Waals surface area (Å²) in [6.07, 6.45) is 6.33. The lowest BCUT2D eigenvalue weighted by atomic mass is 10.2. The largest absolute Gasteiger partial charge is 0.436 e. The molecule has 2 aromatic heterocycles. The number of ether oxygens (including phenoxy) is 1. The second kappa shape index (κ2) is 5.64. The number of hydrogen-bond acceptors (Lipinski definition) is 4. The number of aromatic nitrogens is 3. The first-order valence-corrected chi connectivity index (χ1v) is 6.11. The zero-order valence-electron chi connectivity index (χ0n) is 10.7. The normalized spacial score (nSPS) is 12.4. The number of rotatable bonds is 5. The molecule has 2 heterocycles. The first kappa shape index (κ1) is 12.6. The molecule has 5 heteroatoms. The highest BCUT2D eigenvalue weighted by atomic mass is 16.5. The number of nitrogens with zero attached hydrogens (tertiary/aromatic N) is 3. The molecule has 0 saturated heterocycles. The molecule has 0 aliphatic carbocycles. The third kappa shape index (κ3) is 3.07. The van der Waals surface area contributed by atoms with Gasteiger partial charge in [-0.25, -0.2) is 4.98 Å². The zero-order chi connectivity index (χ0) is 13.0. The molecular formula is C13H18N4O. The van der Waals surface area contributed by atoms with Crippen LogP contribution >= 0.6 is 0 Å². The Labute approximate surface area is 107 Å². The van der Waals surface area contributed by atoms with Gasteiger partial charge in [0.15, 0.2) is 5.75 Å². The summed E-state index contributed by atoms with van der Waals surface area (Å²) < 4.78 is 7.46. The molecule has 0 bridgehead atoms. The van der Waals surface area contributed by atoms with Gasteiger partial charge in [0.05, 0.1) is 12.4 Å². The first-order chi connectivity index (χ1) is 8.69. The van der Waals surface area contributed by atoms with Crippen molar-refractivity contribution in [1.29, 1.82) is 0 Å². The van der Waals surface area contributed by atoms with Crippen molar-refractivity contribution in [1.82, 2.24) is 14.8 Å². The summed E-state index contributed by atoms with van der Waals surface area (Å²) in [4.78, 5) is 4.21. The van der Waals surface area contributed by atoms with Crippen molar-refractivity contribution in [2.45, 2.75) is 32.9 Å². The van der Waals surface area contributed by atoms with Gasteiger partial charge in [-0.2, -0.15) is 5.10 Å². The van der Waals surface area contributed by atoms with Crippen LogP contribution in [0.2, 0.25) is 0 Å². The van der Waals surface area contributed by atoms with Crippen LogP contribution in [0.25, 0.3) is 0 Å². The Bertz CT molecular complexity index is 490. The monoisotopic (exact) mass is 246 g/mol. The first-order valence-electron chi connectivity index (χ1n) is 6.11. The van der Waals surface area contributed by atoms with Crippen LogP contribution in [0, 0.1) is 0 Å². The van der Waals surface area contributed by atoms with Crippen molar-refractivity contribution in [3.8, 4) is 11.6 Å². The third-order valence-corrected chi connectivity index (χ3v) is 2.57. The number of aryl methyl sites for hydroxylation is 1. The Hall–Kier alpha value is -1.88. The van der Waals surface area contributed by atoms with E-state index in [2.05, 4.69) is 17.0 Å². The van der Waals surface area contributed by atoms with E-state index in [0.717, 1.165) is 18.5 Å². The van der Waals surface area contributed by atoms with E-state index >= 15 is 0 Å². The molecule has 0 fully saturated rings. The van der Waals surface area contributed by atoms with Gasteiger partial charge in [0.25, 0.3) is 0 Å². The molecule has 1 atom stereocenters. The zero-order valence-corrected chi connectivity index (χ0v) is 10.7. The summed E-state index contributed by atoms with van der Waals surface area (Å²) in [5.74, 6) is 1.25. The molecule has 5 nitrogen and oxygen atoms in total. The minimum atomic E-state index is -0.0149. The van der Waals surface area contributed by atoms with Crippen LogP contribution in [0.4, 0.5) is 0 Å². The van der Waals surface area contributed by atoms with Gasteiger partial charge in [-0.15, -0.1) is 0 Å². The van der Waals surface area contributed by atoms with Gasteiger partial charge in [-0.05, 0) is 18.9 Å². The van der Waals surface area contributed by atoms with Crippen molar-refractivity contribution in [3.63, 3.8) is 0 Å². The van der Waals surface area contributed by atoms with Crippen molar-refractivity contribution < 1.29 is 4.74 Å². The molecule has 0 aliphatic heterocycles. The predicted molar refractivity (Wildman–Crippen MR) is 69.4 cm³/mol. The van der Waals surface area contributed by atoms with Crippen LogP contribution < -0.4 is 10.5 Å². The average Bonchev–Trinajstić information content (AvgIpc) is 2.78. The summed E-state index contributed by atoms with van der Waals surface area (Å²) in [5, 5.41) is 4.19. The van der Waals surface area contributed by atoms with Crippen LogP contribution in [0.15, 0.2) is 30.7 Å². The maximum absolute atomic E-state index is 5.76. The Morgan fingerprint density at radius 2 is 2.22 bits per heavy atom. The van der Waals surface area contributed by atoms with Crippen molar-refractivity contribution >= 4 is 0 Å². The SMILES string of the molecule is CCCn1cc(Oc2ccc([C@H](C)N)cn2)cn1. The Kier molecular flexibility index (Phi) is 3.94. The van der Waals surface area contributed by atoms with Crippen LogP contribution in [-0.4, -0.2) is 14.8 Å². The minimum Gasteiger partial charge on any atom is -0.436 e. The smallest absolute Gasteiger partial charge is 0.219 e. The summed E-state index contributed by atoms with van der Waals surface area (Å²) in [5.41, 5.74) is 6.75. The van der Waals surface area contributed by atoms with Gasteiger partial charge < -0.3 is 10.5 Å². The number of hydrogen-bond donors (Lipinski definition) is 1. The predicted octanol–water partition coefficient (Wildman–Crippen LogP) is 2.50. The quantitative estimate of drug-likeness (QED) is 0.880. The van der Waals surface area contributed by atoms with Gasteiger partial charge in [-0.1, -0.05) is 13.0 Å². The van der Waals surface area contributed by atoms with Crippen LogP contribution in [0.5, 0.6) is 11.6 Å². The molecule has 0 saturated carbocycles. The average molecular weight is 246 g/mol. The van der Waals surface area contributed by atoms with E-state index in [-0.39, 0.29) is 6.04 Å². The van der Waals surface area contributed by atoms with Gasteiger partial charge in [0.1, 0.15) is 0 Å². The molecule has 0 amide bonds. The van der Waals surface area contributed by atoms with Crippen LogP contribution in [-0.2, 0) is 6.54 Å². The fraction of sp³-hybridized carbons (Fsp3) is 0.385. The summed E-state index contributed by atoms with van der Waals surface area (Å²) in [7, 11) is 0. The van der Waals surface area contributed by atoms with Crippen molar-refractivity contribution in [3.05, 3.63) is 36.3 Å². The molecule has 2 N–H and O–H groups in total. The number of nitrogens with two attached hydrogens (primary N) is 1. The Balaban J connectivity index is 2.03. The lowest BCUT2D eigenvalue weighted by Gasteiger charge is -2.06. The van der Waals surface area contributed by atoms with Crippen molar-refractivity contribution in [2.75, 3.05) is 0 Å². The van der Waals surface area contributed by atoms with E-state index in [1.54, 1.807) is 12.4 Å². The standard InChI is InChI=1S/C13H18N4O/c1-3-6-17-9-12(8-16-17)18-13-5-4-11(7-15-13)10(2)14/h4-5,7-10H,3,6,14H2,1-2H3/t10-/m0/s1. The number of pyridine rings is 1. The van der Waals surface area contributed by atoms with E-state index < -0.39 is 0 Å². The third-order valence-electron chi connectivity index (χ3n) is 2.57. The Morgan fingerprint density at radius 3 is 2.83 bits per heavy atom. The van der Waals surface area contributed by atoms with E-state index in [9.17, 15) is 0 Å². The molecule has 0 aromatic carbocycles. The molecule has 2 rings (SSSR count). The van der Waals surface area contributed by atoms with E-state index in [1.165, 1.54) is 0 Å². The summed E-state index contributed by atoms with van der Waals surface area (Å²) in [6.45, 7) is 4.92. The van der Waals surface area contributed by atoms with Crippen LogP contribution in [0.1, 0.15) is 31.9 Å². The molecule has 0 aliphatic rings. The highest BCUT2D eigenvalue weighted by Gasteiger charge is 2.04. The van der Waals surface area contributed by atoms with Gasteiger partial charge in [-0.3, -0.25) is 4.68 Å². The van der Waals surface area contributed by atoms with Gasteiger partial charge >= 0.3 is 0 Å². The van der Waals surface area contributed by atoms with Crippen molar-refractivity contribution in [2.24, 2.45) is 5.73 Å². The molecule has 0 unspecified atom stereocenters. The topological polar surface area (TPSA) is 66.0 Å². The minimum absolute atomic E-state index is 0.0149. The maximum atomic E-state index is 5.76. The molecule has 96 valence electrons. The molecule has 18 heavy (non-hydrogen) atoms. The van der Waals surface area contributed by atoms with Gasteiger partial charge in [0.2, 0.25) is 5.88 Å². The summed E-state index contributed by atoms with van der Waals surface area (Å²) in [6, 6.07) is 3.72. The molecule has 0 spiro atoms. The molecular weight excluding hydrogens is 228 g/mol. The molecule has 2 aromatic rings.